The summed E-state index contributed by atoms with van der Waals surface area (Å²) < 4.78 is 36.6. The van der Waals surface area contributed by atoms with E-state index < -0.39 is 17.8 Å². The molecule has 0 heterocycles. The smallest absolute Gasteiger partial charge is 0.379 e. The number of aliphatic hydroxyl groups is 1. The Morgan fingerprint density at radius 1 is 1.07 bits per heavy atom. The van der Waals surface area contributed by atoms with Gasteiger partial charge in [0.05, 0.1) is 0 Å². The molecule has 0 amide bonds. The molecule has 1 nitrogen and oxygen atoms in total. The van der Waals surface area contributed by atoms with E-state index in [1.165, 1.54) is 0 Å². The first kappa shape index (κ1) is 12.9. The lowest BCUT2D eigenvalue weighted by Gasteiger charge is -2.17. The fraction of sp³-hybridized carbons (Fsp3) is 0.250. The van der Waals surface area contributed by atoms with Gasteiger partial charge in [-0.05, 0) is 12.1 Å². The molecule has 0 spiro atoms. The fourth-order valence-electron chi connectivity index (χ4n) is 0.978. The summed E-state index contributed by atoms with van der Waals surface area (Å²) in [5.74, 6) is 0. The van der Waals surface area contributed by atoms with Crippen molar-refractivity contribution in [3.63, 3.8) is 0 Å². The number of aliphatic hydroxyl groups excluding tert-OH is 1. The summed E-state index contributed by atoms with van der Waals surface area (Å²) in [6.45, 7) is 0. The van der Waals surface area contributed by atoms with Crippen LogP contribution in [0.5, 0.6) is 0 Å². The largest absolute Gasteiger partial charge is 0.418 e. The van der Waals surface area contributed by atoms with Crippen molar-refractivity contribution in [1.29, 1.82) is 0 Å². The number of hydrogen-bond donors (Lipinski definition) is 1. The lowest BCUT2D eigenvalue weighted by Crippen LogP contribution is -2.20. The summed E-state index contributed by atoms with van der Waals surface area (Å²) in [5.41, 5.74) is -0.588. The third kappa shape index (κ3) is 2.91. The van der Waals surface area contributed by atoms with Crippen molar-refractivity contribution in [2.75, 3.05) is 0 Å². The Labute approximate surface area is 98.4 Å². The van der Waals surface area contributed by atoms with Crippen LogP contribution in [0.25, 0.3) is 0 Å². The van der Waals surface area contributed by atoms with Gasteiger partial charge in [0.25, 0.3) is 0 Å². The van der Waals surface area contributed by atoms with Gasteiger partial charge in [-0.15, -0.1) is 0 Å². The standard InChI is InChI=1S/C8H4Cl3F3O/c9-3-1-4(10)6(5(11)2-3)7(15)8(12,13)14/h1-2,7,15H/t7-/m1/s1. The van der Waals surface area contributed by atoms with E-state index in [-0.39, 0.29) is 15.1 Å². The van der Waals surface area contributed by atoms with Crippen molar-refractivity contribution in [1.82, 2.24) is 0 Å². The molecule has 1 N–H and O–H groups in total. The van der Waals surface area contributed by atoms with Gasteiger partial charge in [0.15, 0.2) is 6.10 Å². The molecule has 0 radical (unpaired) electrons. The zero-order valence-electron chi connectivity index (χ0n) is 6.95. The highest BCUT2D eigenvalue weighted by Crippen LogP contribution is 2.40. The number of hydrogen-bond acceptors (Lipinski definition) is 1. The molecule has 0 aromatic heterocycles. The van der Waals surface area contributed by atoms with E-state index in [4.69, 9.17) is 39.9 Å². The van der Waals surface area contributed by atoms with E-state index in [0.29, 0.717) is 0 Å². The molecule has 0 fully saturated rings. The van der Waals surface area contributed by atoms with Crippen molar-refractivity contribution in [3.05, 3.63) is 32.8 Å². The molecule has 1 atom stereocenters. The molecule has 0 aliphatic carbocycles. The van der Waals surface area contributed by atoms with Crippen molar-refractivity contribution in [3.8, 4) is 0 Å². The summed E-state index contributed by atoms with van der Waals surface area (Å²) in [4.78, 5) is 0. The van der Waals surface area contributed by atoms with Gasteiger partial charge in [-0.3, -0.25) is 0 Å². The minimum absolute atomic E-state index is 0.100. The summed E-state index contributed by atoms with van der Waals surface area (Å²) in [5, 5.41) is 8.43. The van der Waals surface area contributed by atoms with Crippen LogP contribution in [-0.2, 0) is 0 Å². The van der Waals surface area contributed by atoms with Gasteiger partial charge >= 0.3 is 6.18 Å². The lowest BCUT2D eigenvalue weighted by atomic mass is 10.1. The topological polar surface area (TPSA) is 20.2 Å². The molecule has 1 aromatic carbocycles. The second kappa shape index (κ2) is 4.37. The Kier molecular flexibility index (Phi) is 3.76. The summed E-state index contributed by atoms with van der Waals surface area (Å²) in [6.07, 6.45) is -7.53. The number of rotatable bonds is 1. The maximum absolute atomic E-state index is 12.2. The SMILES string of the molecule is O[C@H](c1c(Cl)cc(Cl)cc1Cl)C(F)(F)F. The van der Waals surface area contributed by atoms with Crippen LogP contribution in [0, 0.1) is 0 Å². The Balaban J connectivity index is 3.26. The summed E-state index contributed by atoms with van der Waals surface area (Å²) >= 11 is 16.5. The normalized spacial score (nSPS) is 14.1. The van der Waals surface area contributed by atoms with E-state index in [0.717, 1.165) is 12.1 Å². The first-order valence-corrected chi connectivity index (χ1v) is 4.76. The van der Waals surface area contributed by atoms with Crippen LogP contribution in [-0.4, -0.2) is 11.3 Å². The average molecular weight is 279 g/mol. The Morgan fingerprint density at radius 2 is 1.47 bits per heavy atom. The minimum Gasteiger partial charge on any atom is -0.379 e. The highest BCUT2D eigenvalue weighted by atomic mass is 35.5. The highest BCUT2D eigenvalue weighted by Gasteiger charge is 2.41. The molecule has 15 heavy (non-hydrogen) atoms. The Bertz CT molecular complexity index is 355. The van der Waals surface area contributed by atoms with Crippen LogP contribution in [0.3, 0.4) is 0 Å². The molecule has 0 unspecified atom stereocenters. The molecular formula is C8H4Cl3F3O. The summed E-state index contributed by atoms with van der Waals surface area (Å²) in [6, 6.07) is 2.17. The monoisotopic (exact) mass is 278 g/mol. The molecule has 0 saturated carbocycles. The van der Waals surface area contributed by atoms with Crippen molar-refractivity contribution >= 4 is 34.8 Å². The third-order valence-corrected chi connectivity index (χ3v) is 2.47. The number of alkyl halides is 3. The van der Waals surface area contributed by atoms with Crippen molar-refractivity contribution < 1.29 is 18.3 Å². The molecule has 0 aliphatic rings. The van der Waals surface area contributed by atoms with E-state index in [1.807, 2.05) is 0 Å². The molecule has 1 rings (SSSR count). The van der Waals surface area contributed by atoms with Crippen molar-refractivity contribution in [2.24, 2.45) is 0 Å². The lowest BCUT2D eigenvalue weighted by molar-refractivity contribution is -0.206. The second-order valence-corrected chi connectivity index (χ2v) is 3.98. The second-order valence-electron chi connectivity index (χ2n) is 2.73. The summed E-state index contributed by atoms with van der Waals surface area (Å²) in [7, 11) is 0. The predicted octanol–water partition coefficient (Wildman–Crippen LogP) is 4.24. The zero-order chi connectivity index (χ0) is 11.8. The van der Waals surface area contributed by atoms with Gasteiger partial charge in [-0.25, -0.2) is 0 Å². The number of halogens is 6. The Morgan fingerprint density at radius 3 is 1.80 bits per heavy atom. The molecule has 1 aromatic rings. The first-order chi connectivity index (χ1) is 6.73. The highest BCUT2D eigenvalue weighted by molar-refractivity contribution is 6.39. The maximum atomic E-state index is 12.2. The maximum Gasteiger partial charge on any atom is 0.418 e. The molecule has 0 saturated heterocycles. The average Bonchev–Trinajstić information content (AvgIpc) is 1.99. The van der Waals surface area contributed by atoms with E-state index in [2.05, 4.69) is 0 Å². The fourth-order valence-corrected chi connectivity index (χ4v) is 2.00. The van der Waals surface area contributed by atoms with Crippen LogP contribution in [0.15, 0.2) is 12.1 Å². The predicted molar refractivity (Wildman–Crippen MR) is 52.5 cm³/mol. The van der Waals surface area contributed by atoms with E-state index in [1.54, 1.807) is 0 Å². The van der Waals surface area contributed by atoms with Crippen LogP contribution in [0.2, 0.25) is 15.1 Å². The Hall–Kier alpha value is -0.160. The van der Waals surface area contributed by atoms with Crippen molar-refractivity contribution in [2.45, 2.75) is 12.3 Å². The van der Waals surface area contributed by atoms with Gasteiger partial charge < -0.3 is 5.11 Å². The number of benzene rings is 1. The van der Waals surface area contributed by atoms with Gasteiger partial charge in [0, 0.05) is 20.6 Å². The third-order valence-electron chi connectivity index (χ3n) is 1.63. The van der Waals surface area contributed by atoms with E-state index in [9.17, 15) is 13.2 Å². The first-order valence-electron chi connectivity index (χ1n) is 3.62. The quantitative estimate of drug-likeness (QED) is 0.815. The molecular weight excluding hydrogens is 275 g/mol. The van der Waals surface area contributed by atoms with Crippen LogP contribution in [0.1, 0.15) is 11.7 Å². The molecule has 7 heteroatoms. The zero-order valence-corrected chi connectivity index (χ0v) is 9.21. The van der Waals surface area contributed by atoms with Gasteiger partial charge in [0.1, 0.15) is 0 Å². The van der Waals surface area contributed by atoms with Gasteiger partial charge in [-0.2, -0.15) is 13.2 Å². The van der Waals surface area contributed by atoms with Crippen LogP contribution in [0.4, 0.5) is 13.2 Å². The van der Waals surface area contributed by atoms with Crippen LogP contribution >= 0.6 is 34.8 Å². The van der Waals surface area contributed by atoms with E-state index >= 15 is 0 Å². The van der Waals surface area contributed by atoms with Gasteiger partial charge in [0.2, 0.25) is 0 Å². The van der Waals surface area contributed by atoms with Gasteiger partial charge in [-0.1, -0.05) is 34.8 Å². The molecule has 0 bridgehead atoms. The minimum atomic E-state index is -4.82. The molecule has 84 valence electrons. The molecule has 0 aliphatic heterocycles. The van der Waals surface area contributed by atoms with Crippen LogP contribution < -0.4 is 0 Å².